The van der Waals surface area contributed by atoms with Crippen LogP contribution in [0.1, 0.15) is 18.4 Å². The van der Waals surface area contributed by atoms with Crippen molar-refractivity contribution in [1.82, 2.24) is 9.62 Å². The lowest BCUT2D eigenvalue weighted by atomic mass is 9.85. The minimum Gasteiger partial charge on any atom is -0.302 e. The zero-order valence-corrected chi connectivity index (χ0v) is 13.9. The number of halogens is 1. The molecule has 1 N–H and O–H groups in total. The Kier molecular flexibility index (Phi) is 3.92. The molecule has 4 rings (SSSR count). The Morgan fingerprint density at radius 2 is 2.00 bits per heavy atom. The monoisotopic (exact) mass is 358 g/mol. The standard InChI is InChI=1S/C14H19BrN2O2S/c1-10-2-3-12(15)8-14(10)20(18,19)16-13-9-17-6-4-11(13)5-7-17/h2-3,8,11,13,16H,4-7,9H2,1H3. The summed E-state index contributed by atoms with van der Waals surface area (Å²) in [6.45, 7) is 4.89. The number of hydrogen-bond acceptors (Lipinski definition) is 3. The summed E-state index contributed by atoms with van der Waals surface area (Å²) < 4.78 is 28.9. The third kappa shape index (κ3) is 2.79. The van der Waals surface area contributed by atoms with Crippen molar-refractivity contribution >= 4 is 26.0 Å². The van der Waals surface area contributed by atoms with Crippen LogP contribution in [0.3, 0.4) is 0 Å². The molecule has 0 aromatic heterocycles. The van der Waals surface area contributed by atoms with Gasteiger partial charge in [-0.15, -0.1) is 0 Å². The third-order valence-electron chi connectivity index (χ3n) is 4.40. The molecule has 20 heavy (non-hydrogen) atoms. The van der Waals surface area contributed by atoms with Gasteiger partial charge in [0.05, 0.1) is 4.90 Å². The topological polar surface area (TPSA) is 49.4 Å². The first-order chi connectivity index (χ1) is 9.45. The first-order valence-corrected chi connectivity index (χ1v) is 9.24. The Balaban J connectivity index is 1.84. The maximum atomic E-state index is 12.6. The van der Waals surface area contributed by atoms with Crippen LogP contribution < -0.4 is 4.72 Å². The van der Waals surface area contributed by atoms with E-state index in [1.807, 2.05) is 19.1 Å². The van der Waals surface area contributed by atoms with Crippen LogP contribution in [0.4, 0.5) is 0 Å². The fraction of sp³-hybridized carbons (Fsp3) is 0.571. The summed E-state index contributed by atoms with van der Waals surface area (Å²) in [5.41, 5.74) is 0.780. The van der Waals surface area contributed by atoms with Gasteiger partial charge in [0.2, 0.25) is 10.0 Å². The van der Waals surface area contributed by atoms with Gasteiger partial charge >= 0.3 is 0 Å². The Morgan fingerprint density at radius 1 is 1.30 bits per heavy atom. The molecule has 110 valence electrons. The van der Waals surface area contributed by atoms with Gasteiger partial charge < -0.3 is 4.90 Å². The number of hydrogen-bond donors (Lipinski definition) is 1. The van der Waals surface area contributed by atoms with E-state index in [1.165, 1.54) is 0 Å². The number of fused-ring (bicyclic) bond motifs is 3. The van der Waals surface area contributed by atoms with Crippen molar-refractivity contribution in [2.75, 3.05) is 19.6 Å². The summed E-state index contributed by atoms with van der Waals surface area (Å²) in [5, 5.41) is 0. The van der Waals surface area contributed by atoms with Crippen molar-refractivity contribution in [2.24, 2.45) is 5.92 Å². The zero-order valence-electron chi connectivity index (χ0n) is 11.5. The highest BCUT2D eigenvalue weighted by molar-refractivity contribution is 9.10. The number of nitrogens with zero attached hydrogens (tertiary/aromatic N) is 1. The minimum absolute atomic E-state index is 0.0564. The number of sulfonamides is 1. The Morgan fingerprint density at radius 3 is 2.60 bits per heavy atom. The van der Waals surface area contributed by atoms with E-state index in [-0.39, 0.29) is 6.04 Å². The second-order valence-corrected chi connectivity index (χ2v) is 8.37. The summed E-state index contributed by atoms with van der Waals surface area (Å²) >= 11 is 3.35. The second-order valence-electron chi connectivity index (χ2n) is 5.78. The fourth-order valence-corrected chi connectivity index (χ4v) is 5.30. The van der Waals surface area contributed by atoms with Crippen molar-refractivity contribution in [3.05, 3.63) is 28.2 Å². The molecule has 3 heterocycles. The van der Waals surface area contributed by atoms with Gasteiger partial charge in [0.15, 0.2) is 0 Å². The van der Waals surface area contributed by atoms with Crippen LogP contribution in [0.5, 0.6) is 0 Å². The molecule has 1 unspecified atom stereocenters. The van der Waals surface area contributed by atoms with Gasteiger partial charge in [0, 0.05) is 17.1 Å². The molecule has 2 bridgehead atoms. The molecule has 0 amide bonds. The van der Waals surface area contributed by atoms with Crippen LogP contribution >= 0.6 is 15.9 Å². The average Bonchev–Trinajstić information content (AvgIpc) is 2.42. The van der Waals surface area contributed by atoms with Crippen LogP contribution in [-0.2, 0) is 10.0 Å². The van der Waals surface area contributed by atoms with E-state index in [4.69, 9.17) is 0 Å². The normalized spacial score (nSPS) is 29.6. The SMILES string of the molecule is Cc1ccc(Br)cc1S(=O)(=O)NC1CN2CCC1CC2. The van der Waals surface area contributed by atoms with Crippen molar-refractivity contribution < 1.29 is 8.42 Å². The first kappa shape index (κ1) is 14.5. The van der Waals surface area contributed by atoms with E-state index in [0.717, 1.165) is 42.5 Å². The smallest absolute Gasteiger partial charge is 0.241 e. The third-order valence-corrected chi connectivity index (χ3v) is 6.53. The van der Waals surface area contributed by atoms with Gasteiger partial charge in [-0.05, 0) is 56.5 Å². The number of nitrogens with one attached hydrogen (secondary N) is 1. The number of rotatable bonds is 3. The molecule has 0 spiro atoms. The highest BCUT2D eigenvalue weighted by atomic mass is 79.9. The van der Waals surface area contributed by atoms with Gasteiger partial charge in [-0.25, -0.2) is 13.1 Å². The molecule has 1 atom stereocenters. The summed E-state index contributed by atoms with van der Waals surface area (Å²) in [5.74, 6) is 0.488. The second kappa shape index (κ2) is 5.40. The van der Waals surface area contributed by atoms with Gasteiger partial charge in [0.25, 0.3) is 0 Å². The van der Waals surface area contributed by atoms with E-state index >= 15 is 0 Å². The molecule has 3 aliphatic rings. The molecule has 3 aliphatic heterocycles. The predicted molar refractivity (Wildman–Crippen MR) is 82.2 cm³/mol. The van der Waals surface area contributed by atoms with E-state index in [0.29, 0.717) is 10.8 Å². The molecule has 3 saturated heterocycles. The zero-order chi connectivity index (χ0) is 14.3. The fourth-order valence-electron chi connectivity index (χ4n) is 3.22. The maximum Gasteiger partial charge on any atom is 0.241 e. The highest BCUT2D eigenvalue weighted by Gasteiger charge is 2.36. The quantitative estimate of drug-likeness (QED) is 0.900. The number of piperidine rings is 3. The minimum atomic E-state index is -3.44. The van der Waals surface area contributed by atoms with Crippen LogP contribution in [0.25, 0.3) is 0 Å². The van der Waals surface area contributed by atoms with Crippen molar-refractivity contribution in [3.8, 4) is 0 Å². The molecule has 0 aliphatic carbocycles. The first-order valence-electron chi connectivity index (χ1n) is 6.96. The lowest BCUT2D eigenvalue weighted by Crippen LogP contribution is -2.57. The summed E-state index contributed by atoms with van der Waals surface area (Å²) in [4.78, 5) is 2.73. The molecule has 6 heteroatoms. The summed E-state index contributed by atoms with van der Waals surface area (Å²) in [6, 6.07) is 5.43. The van der Waals surface area contributed by atoms with Gasteiger partial charge in [-0.2, -0.15) is 0 Å². The van der Waals surface area contributed by atoms with E-state index in [2.05, 4.69) is 25.6 Å². The van der Waals surface area contributed by atoms with Crippen LogP contribution in [-0.4, -0.2) is 39.0 Å². The highest BCUT2D eigenvalue weighted by Crippen LogP contribution is 2.29. The van der Waals surface area contributed by atoms with Gasteiger partial charge in [-0.3, -0.25) is 0 Å². The largest absolute Gasteiger partial charge is 0.302 e. The molecule has 1 aromatic carbocycles. The Bertz CT molecular complexity index is 610. The van der Waals surface area contributed by atoms with Crippen molar-refractivity contribution in [1.29, 1.82) is 0 Å². The Hall–Kier alpha value is -0.430. The molecule has 0 radical (unpaired) electrons. The molecule has 1 aromatic rings. The van der Waals surface area contributed by atoms with Gasteiger partial charge in [0.1, 0.15) is 0 Å². The van der Waals surface area contributed by atoms with Crippen LogP contribution in [0, 0.1) is 12.8 Å². The summed E-state index contributed by atoms with van der Waals surface area (Å²) in [7, 11) is -3.44. The number of aryl methyl sites for hydroxylation is 1. The predicted octanol–water partition coefficient (Wildman–Crippen LogP) is 2.13. The molecule has 0 saturated carbocycles. The molecule has 4 nitrogen and oxygen atoms in total. The van der Waals surface area contributed by atoms with Gasteiger partial charge in [-0.1, -0.05) is 22.0 Å². The van der Waals surface area contributed by atoms with E-state index in [1.54, 1.807) is 6.07 Å². The Labute approximate surface area is 128 Å². The maximum absolute atomic E-state index is 12.6. The summed E-state index contributed by atoms with van der Waals surface area (Å²) in [6.07, 6.45) is 2.20. The average molecular weight is 359 g/mol. The number of benzene rings is 1. The van der Waals surface area contributed by atoms with E-state index in [9.17, 15) is 8.42 Å². The van der Waals surface area contributed by atoms with Crippen LogP contribution in [0.2, 0.25) is 0 Å². The van der Waals surface area contributed by atoms with E-state index < -0.39 is 10.0 Å². The van der Waals surface area contributed by atoms with Crippen molar-refractivity contribution in [3.63, 3.8) is 0 Å². The molecule has 3 fully saturated rings. The lowest BCUT2D eigenvalue weighted by Gasteiger charge is -2.44. The van der Waals surface area contributed by atoms with Crippen molar-refractivity contribution in [2.45, 2.75) is 30.7 Å². The van der Waals surface area contributed by atoms with Crippen LogP contribution in [0.15, 0.2) is 27.6 Å². The molecular formula is C14H19BrN2O2S. The lowest BCUT2D eigenvalue weighted by molar-refractivity contribution is 0.0827. The molecular weight excluding hydrogens is 340 g/mol.